The first kappa shape index (κ1) is 9.33. The van der Waals surface area contributed by atoms with Crippen LogP contribution in [0.25, 0.3) is 0 Å². The van der Waals surface area contributed by atoms with Gasteiger partial charge in [-0.15, -0.1) is 0 Å². The molecule has 1 saturated carbocycles. The average Bonchev–Trinajstić information content (AvgIpc) is 2.88. The van der Waals surface area contributed by atoms with Crippen molar-refractivity contribution in [2.45, 2.75) is 37.8 Å². The van der Waals surface area contributed by atoms with Crippen LogP contribution in [0.1, 0.15) is 25.7 Å². The van der Waals surface area contributed by atoms with Gasteiger partial charge in [0.1, 0.15) is 0 Å². The fraction of sp³-hybridized carbons (Fsp3) is 0.818. The minimum Gasteiger partial charge on any atom is -0.376 e. The summed E-state index contributed by atoms with van der Waals surface area (Å²) in [7, 11) is 0. The number of amides is 1. The lowest BCUT2D eigenvalue weighted by molar-refractivity contribution is -0.141. The highest BCUT2D eigenvalue weighted by Gasteiger charge is 2.46. The first-order valence-electron chi connectivity index (χ1n) is 5.73. The quantitative estimate of drug-likeness (QED) is 0.617. The van der Waals surface area contributed by atoms with Gasteiger partial charge in [0.25, 0.3) is 5.91 Å². The molecule has 0 bridgehead atoms. The van der Waals surface area contributed by atoms with Crippen molar-refractivity contribution in [1.29, 1.82) is 0 Å². The van der Waals surface area contributed by atoms with Crippen molar-refractivity contribution in [3.05, 3.63) is 0 Å². The number of rotatable bonds is 2. The highest BCUT2D eigenvalue weighted by molar-refractivity contribution is 6.37. The van der Waals surface area contributed by atoms with Crippen molar-refractivity contribution < 1.29 is 14.3 Å². The Kier molecular flexibility index (Phi) is 2.06. The van der Waals surface area contributed by atoms with E-state index in [9.17, 15) is 9.59 Å². The molecule has 0 N–H and O–H groups in total. The summed E-state index contributed by atoms with van der Waals surface area (Å²) < 4.78 is 5.68. The predicted octanol–water partition coefficient (Wildman–Crippen LogP) is 0.355. The number of ether oxygens (including phenoxy) is 1. The molecule has 1 amide bonds. The SMILES string of the molecule is O=C1CCN(C2CCOC2C2CC2)C1=O. The molecule has 0 aromatic rings. The molecule has 2 atom stereocenters. The molecule has 3 rings (SSSR count). The summed E-state index contributed by atoms with van der Waals surface area (Å²) in [6, 6.07) is 0.177. The molecule has 1 aliphatic carbocycles. The van der Waals surface area contributed by atoms with Crippen LogP contribution in [0.15, 0.2) is 0 Å². The maximum Gasteiger partial charge on any atom is 0.290 e. The van der Waals surface area contributed by atoms with Crippen LogP contribution >= 0.6 is 0 Å². The number of hydrogen-bond acceptors (Lipinski definition) is 3. The fourth-order valence-corrected chi connectivity index (χ4v) is 2.72. The van der Waals surface area contributed by atoms with Gasteiger partial charge in [-0.2, -0.15) is 0 Å². The number of hydrogen-bond donors (Lipinski definition) is 0. The lowest BCUT2D eigenvalue weighted by Gasteiger charge is -2.27. The predicted molar refractivity (Wildman–Crippen MR) is 52.2 cm³/mol. The minimum absolute atomic E-state index is 0.177. The molecular weight excluding hydrogens is 194 g/mol. The zero-order valence-corrected chi connectivity index (χ0v) is 8.65. The molecule has 82 valence electrons. The second-order valence-corrected chi connectivity index (χ2v) is 4.70. The van der Waals surface area contributed by atoms with Gasteiger partial charge in [-0.3, -0.25) is 9.59 Å². The Morgan fingerprint density at radius 3 is 2.60 bits per heavy atom. The molecule has 0 spiro atoms. The maximum absolute atomic E-state index is 11.6. The van der Waals surface area contributed by atoms with Crippen molar-refractivity contribution in [2.75, 3.05) is 13.2 Å². The Bertz CT molecular complexity index is 311. The molecule has 3 aliphatic rings. The standard InChI is InChI=1S/C11H15NO3/c13-9-3-5-12(11(9)14)8-4-6-15-10(8)7-1-2-7/h7-8,10H,1-6H2. The van der Waals surface area contributed by atoms with Crippen LogP contribution in [0.4, 0.5) is 0 Å². The summed E-state index contributed by atoms with van der Waals surface area (Å²) in [6.07, 6.45) is 3.95. The van der Waals surface area contributed by atoms with Crippen molar-refractivity contribution in [1.82, 2.24) is 4.90 Å². The molecule has 4 heteroatoms. The number of likely N-dealkylation sites (tertiary alicyclic amines) is 1. The Morgan fingerprint density at radius 2 is 2.00 bits per heavy atom. The normalized spacial score (nSPS) is 36.7. The lowest BCUT2D eigenvalue weighted by atomic mass is 10.1. The highest BCUT2D eigenvalue weighted by Crippen LogP contribution is 2.40. The van der Waals surface area contributed by atoms with Crippen molar-refractivity contribution in [2.24, 2.45) is 5.92 Å². The van der Waals surface area contributed by atoms with Crippen LogP contribution in [0, 0.1) is 5.92 Å². The van der Waals surface area contributed by atoms with Gasteiger partial charge in [-0.1, -0.05) is 0 Å². The molecule has 2 saturated heterocycles. The van der Waals surface area contributed by atoms with Crippen LogP contribution < -0.4 is 0 Å². The second kappa shape index (κ2) is 3.30. The topological polar surface area (TPSA) is 46.6 Å². The highest BCUT2D eigenvalue weighted by atomic mass is 16.5. The summed E-state index contributed by atoms with van der Waals surface area (Å²) in [5.74, 6) is 0.133. The minimum atomic E-state index is -0.281. The Labute approximate surface area is 88.6 Å². The number of carbonyl (C=O) groups excluding carboxylic acids is 2. The maximum atomic E-state index is 11.6. The average molecular weight is 209 g/mol. The smallest absolute Gasteiger partial charge is 0.290 e. The molecule has 3 fully saturated rings. The van der Waals surface area contributed by atoms with Gasteiger partial charge in [-0.25, -0.2) is 0 Å². The number of carbonyl (C=O) groups is 2. The van der Waals surface area contributed by atoms with Crippen LogP contribution in [-0.4, -0.2) is 41.9 Å². The van der Waals surface area contributed by atoms with E-state index in [0.717, 1.165) is 13.0 Å². The van der Waals surface area contributed by atoms with Gasteiger partial charge in [0, 0.05) is 19.6 Å². The lowest BCUT2D eigenvalue weighted by Crippen LogP contribution is -2.43. The Morgan fingerprint density at radius 1 is 1.20 bits per heavy atom. The van der Waals surface area contributed by atoms with Gasteiger partial charge < -0.3 is 9.64 Å². The van der Waals surface area contributed by atoms with E-state index in [4.69, 9.17) is 4.74 Å². The van der Waals surface area contributed by atoms with Crippen LogP contribution in [-0.2, 0) is 14.3 Å². The van der Waals surface area contributed by atoms with E-state index in [2.05, 4.69) is 0 Å². The zero-order chi connectivity index (χ0) is 10.4. The zero-order valence-electron chi connectivity index (χ0n) is 8.65. The Balaban J connectivity index is 1.75. The van der Waals surface area contributed by atoms with E-state index >= 15 is 0 Å². The van der Waals surface area contributed by atoms with Crippen molar-refractivity contribution >= 4 is 11.7 Å². The molecule has 2 unspecified atom stereocenters. The first-order valence-corrected chi connectivity index (χ1v) is 5.73. The van der Waals surface area contributed by atoms with Crippen molar-refractivity contribution in [3.63, 3.8) is 0 Å². The fourth-order valence-electron chi connectivity index (χ4n) is 2.72. The van der Waals surface area contributed by atoms with Gasteiger partial charge in [0.05, 0.1) is 12.1 Å². The third kappa shape index (κ3) is 1.47. The van der Waals surface area contributed by atoms with Gasteiger partial charge in [-0.05, 0) is 25.2 Å². The third-order valence-electron chi connectivity index (χ3n) is 3.67. The number of nitrogens with zero attached hydrogens (tertiary/aromatic N) is 1. The summed E-state index contributed by atoms with van der Waals surface area (Å²) in [5, 5.41) is 0. The van der Waals surface area contributed by atoms with Crippen LogP contribution in [0.3, 0.4) is 0 Å². The molecular formula is C11H15NO3. The van der Waals surface area contributed by atoms with E-state index in [-0.39, 0.29) is 23.8 Å². The van der Waals surface area contributed by atoms with Crippen LogP contribution in [0.2, 0.25) is 0 Å². The third-order valence-corrected chi connectivity index (χ3v) is 3.67. The van der Waals surface area contributed by atoms with E-state index in [0.29, 0.717) is 18.9 Å². The largest absolute Gasteiger partial charge is 0.376 e. The second-order valence-electron chi connectivity index (χ2n) is 4.70. The molecule has 4 nitrogen and oxygen atoms in total. The van der Waals surface area contributed by atoms with Gasteiger partial charge in [0.15, 0.2) is 0 Å². The van der Waals surface area contributed by atoms with E-state index in [1.807, 2.05) is 0 Å². The Hall–Kier alpha value is -0.900. The summed E-state index contributed by atoms with van der Waals surface area (Å²) >= 11 is 0. The summed E-state index contributed by atoms with van der Waals surface area (Å²) in [4.78, 5) is 24.6. The van der Waals surface area contributed by atoms with Gasteiger partial charge >= 0.3 is 0 Å². The number of Topliss-reactive ketones (excluding diaryl/α,β-unsaturated/α-hetero) is 1. The molecule has 0 aromatic heterocycles. The molecule has 2 heterocycles. The van der Waals surface area contributed by atoms with Gasteiger partial charge in [0.2, 0.25) is 5.78 Å². The first-order chi connectivity index (χ1) is 7.27. The van der Waals surface area contributed by atoms with E-state index in [1.165, 1.54) is 12.8 Å². The number of ketones is 1. The molecule has 15 heavy (non-hydrogen) atoms. The summed E-state index contributed by atoms with van der Waals surface area (Å²) in [5.41, 5.74) is 0. The van der Waals surface area contributed by atoms with E-state index in [1.54, 1.807) is 4.90 Å². The summed E-state index contributed by atoms with van der Waals surface area (Å²) in [6.45, 7) is 1.35. The molecule has 0 aromatic carbocycles. The molecule has 2 aliphatic heterocycles. The molecule has 0 radical (unpaired) electrons. The van der Waals surface area contributed by atoms with E-state index < -0.39 is 0 Å². The van der Waals surface area contributed by atoms with Crippen molar-refractivity contribution in [3.8, 4) is 0 Å². The van der Waals surface area contributed by atoms with Crippen LogP contribution in [0.5, 0.6) is 0 Å². The monoisotopic (exact) mass is 209 g/mol.